The molecule has 0 aliphatic carbocycles. The molecule has 0 N–H and O–H groups in total. The maximum absolute atomic E-state index is 5.83. The third-order valence-corrected chi connectivity index (χ3v) is 4.19. The predicted octanol–water partition coefficient (Wildman–Crippen LogP) is 4.85. The maximum atomic E-state index is 5.83. The number of hydrogen-bond donors (Lipinski definition) is 0. The van der Waals surface area contributed by atoms with Crippen LogP contribution in [0.15, 0.2) is 42.5 Å². The molecule has 20 heavy (non-hydrogen) atoms. The van der Waals surface area contributed by atoms with Crippen molar-refractivity contribution in [2.75, 3.05) is 0 Å². The van der Waals surface area contributed by atoms with E-state index in [0.717, 1.165) is 17.9 Å². The van der Waals surface area contributed by atoms with Gasteiger partial charge in [-0.05, 0) is 28.7 Å². The van der Waals surface area contributed by atoms with Crippen molar-refractivity contribution in [1.82, 2.24) is 0 Å². The fourth-order valence-electron chi connectivity index (χ4n) is 2.60. The minimum Gasteiger partial charge on any atom is -0.440 e. The van der Waals surface area contributed by atoms with E-state index in [1.54, 1.807) is 0 Å². The van der Waals surface area contributed by atoms with Crippen molar-refractivity contribution in [3.8, 4) is 11.5 Å². The zero-order chi connectivity index (χ0) is 14.2. The van der Waals surface area contributed by atoms with E-state index in [1.165, 1.54) is 16.7 Å². The van der Waals surface area contributed by atoms with Crippen LogP contribution in [0.2, 0.25) is 0 Å². The Kier molecular flexibility index (Phi) is 3.43. The third-order valence-electron chi connectivity index (χ3n) is 3.58. The molecule has 1 aliphatic rings. The van der Waals surface area contributed by atoms with Crippen molar-refractivity contribution in [2.24, 2.45) is 0 Å². The Bertz CT molecular complexity index is 629. The molecule has 0 bridgehead atoms. The van der Waals surface area contributed by atoms with Gasteiger partial charge < -0.3 is 9.05 Å². The van der Waals surface area contributed by atoms with Crippen molar-refractivity contribution in [3.63, 3.8) is 0 Å². The smallest absolute Gasteiger partial charge is 0.275 e. The highest BCUT2D eigenvalue weighted by Crippen LogP contribution is 2.40. The molecule has 1 unspecified atom stereocenters. The molecule has 0 saturated carbocycles. The van der Waals surface area contributed by atoms with E-state index in [2.05, 4.69) is 45.0 Å². The average molecular weight is 286 g/mol. The third kappa shape index (κ3) is 2.53. The fourth-order valence-corrected chi connectivity index (χ4v) is 3.21. The minimum atomic E-state index is 0.00410. The molecule has 0 fully saturated rings. The van der Waals surface area contributed by atoms with Crippen LogP contribution in [0.1, 0.15) is 37.5 Å². The second-order valence-corrected chi connectivity index (χ2v) is 6.68. The zero-order valence-electron chi connectivity index (χ0n) is 12.1. The Morgan fingerprint density at radius 3 is 2.40 bits per heavy atom. The van der Waals surface area contributed by atoms with Crippen LogP contribution in [0, 0.1) is 0 Å². The summed E-state index contributed by atoms with van der Waals surface area (Å²) in [5.74, 6) is 1.88. The predicted molar refractivity (Wildman–Crippen MR) is 84.0 cm³/mol. The highest BCUT2D eigenvalue weighted by atomic mass is 31.1. The Hall–Kier alpha value is -1.53. The quantitative estimate of drug-likeness (QED) is 0.644. The van der Waals surface area contributed by atoms with E-state index in [-0.39, 0.29) is 14.4 Å². The van der Waals surface area contributed by atoms with E-state index in [1.807, 2.05) is 18.2 Å². The number of para-hydroxylation sites is 1. The molecule has 2 nitrogen and oxygen atoms in total. The molecule has 0 radical (unpaired) electrons. The topological polar surface area (TPSA) is 18.5 Å². The molecule has 104 valence electrons. The van der Waals surface area contributed by atoms with Crippen LogP contribution >= 0.6 is 9.03 Å². The normalized spacial score (nSPS) is 15.3. The summed E-state index contributed by atoms with van der Waals surface area (Å²) < 4.78 is 11.5. The van der Waals surface area contributed by atoms with Gasteiger partial charge in [0.15, 0.2) is 0 Å². The second-order valence-electron chi connectivity index (χ2n) is 6.10. The van der Waals surface area contributed by atoms with Crippen LogP contribution in [0.25, 0.3) is 0 Å². The van der Waals surface area contributed by atoms with Crippen LogP contribution in [-0.2, 0) is 11.8 Å². The average Bonchev–Trinajstić information content (AvgIpc) is 2.37. The summed E-state index contributed by atoms with van der Waals surface area (Å²) in [5.41, 5.74) is 3.95. The molecule has 3 heteroatoms. The van der Waals surface area contributed by atoms with E-state index in [4.69, 9.17) is 9.05 Å². The van der Waals surface area contributed by atoms with Gasteiger partial charge in [0.2, 0.25) is 0 Å². The van der Waals surface area contributed by atoms with Gasteiger partial charge >= 0.3 is 0 Å². The molecule has 1 atom stereocenters. The highest BCUT2D eigenvalue weighted by molar-refractivity contribution is 7.27. The first-order chi connectivity index (χ1) is 9.55. The lowest BCUT2D eigenvalue weighted by Gasteiger charge is -2.26. The van der Waals surface area contributed by atoms with Gasteiger partial charge in [0.25, 0.3) is 9.03 Å². The van der Waals surface area contributed by atoms with Gasteiger partial charge in [0.05, 0.1) is 0 Å². The fraction of sp³-hybridized carbons (Fsp3) is 0.294. The van der Waals surface area contributed by atoms with Crippen LogP contribution in [0.4, 0.5) is 0 Å². The lowest BCUT2D eigenvalue weighted by Crippen LogP contribution is -2.15. The summed E-state index contributed by atoms with van der Waals surface area (Å²) in [6, 6.07) is 14.5. The summed E-state index contributed by atoms with van der Waals surface area (Å²) in [7, 11) is 0.00410. The SMILES string of the molecule is CC(C)(C)c1cccc2c1Cc1ccccc1OPO2. The highest BCUT2D eigenvalue weighted by Gasteiger charge is 2.23. The molecule has 2 aromatic carbocycles. The van der Waals surface area contributed by atoms with Crippen LogP contribution in [0.5, 0.6) is 11.5 Å². The minimum absolute atomic E-state index is 0.00410. The number of hydrogen-bond acceptors (Lipinski definition) is 2. The Labute approximate surface area is 122 Å². The summed E-state index contributed by atoms with van der Waals surface area (Å²) in [6.45, 7) is 6.73. The van der Waals surface area contributed by atoms with Gasteiger partial charge in [-0.3, -0.25) is 0 Å². The first kappa shape index (κ1) is 13.5. The van der Waals surface area contributed by atoms with E-state index >= 15 is 0 Å². The summed E-state index contributed by atoms with van der Waals surface area (Å²) >= 11 is 0. The van der Waals surface area contributed by atoms with Gasteiger partial charge in [-0.1, -0.05) is 51.1 Å². The number of rotatable bonds is 0. The molecule has 0 spiro atoms. The number of fused-ring (bicyclic) bond motifs is 2. The Balaban J connectivity index is 2.14. The molecule has 2 aromatic rings. The lowest BCUT2D eigenvalue weighted by atomic mass is 9.81. The molecule has 0 aromatic heterocycles. The summed E-state index contributed by atoms with van der Waals surface area (Å²) in [5, 5.41) is 0. The first-order valence-corrected chi connectivity index (χ1v) is 7.66. The number of benzene rings is 2. The Morgan fingerprint density at radius 1 is 0.900 bits per heavy atom. The maximum Gasteiger partial charge on any atom is 0.275 e. The molecule has 1 aliphatic heterocycles. The van der Waals surface area contributed by atoms with Crippen molar-refractivity contribution < 1.29 is 9.05 Å². The molecule has 0 amide bonds. The van der Waals surface area contributed by atoms with Crippen molar-refractivity contribution in [1.29, 1.82) is 0 Å². The van der Waals surface area contributed by atoms with Gasteiger partial charge in [-0.2, -0.15) is 0 Å². The Morgan fingerprint density at radius 2 is 1.60 bits per heavy atom. The first-order valence-electron chi connectivity index (χ1n) is 6.84. The molecule has 3 rings (SSSR count). The monoisotopic (exact) mass is 286 g/mol. The van der Waals surface area contributed by atoms with Gasteiger partial charge in [-0.15, -0.1) is 0 Å². The summed E-state index contributed by atoms with van der Waals surface area (Å²) in [6.07, 6.45) is 0.851. The largest absolute Gasteiger partial charge is 0.440 e. The van der Waals surface area contributed by atoms with Crippen molar-refractivity contribution >= 4 is 9.03 Å². The molecule has 0 saturated heterocycles. The van der Waals surface area contributed by atoms with Gasteiger partial charge in [0, 0.05) is 12.0 Å². The van der Waals surface area contributed by atoms with Crippen molar-refractivity contribution in [3.05, 3.63) is 59.2 Å². The molecule has 1 heterocycles. The van der Waals surface area contributed by atoms with E-state index in [0.29, 0.717) is 0 Å². The lowest BCUT2D eigenvalue weighted by molar-refractivity contribution is 0.495. The standard InChI is InChI=1S/C17H19O2P/c1-17(2,3)14-8-6-10-16-13(14)11-12-7-4-5-9-15(12)18-20-19-16/h4-10,20H,11H2,1-3H3. The van der Waals surface area contributed by atoms with Crippen LogP contribution in [0.3, 0.4) is 0 Å². The van der Waals surface area contributed by atoms with Crippen molar-refractivity contribution in [2.45, 2.75) is 32.6 Å². The van der Waals surface area contributed by atoms with Crippen LogP contribution < -0.4 is 9.05 Å². The molecular weight excluding hydrogens is 267 g/mol. The van der Waals surface area contributed by atoms with Gasteiger partial charge in [-0.25, -0.2) is 0 Å². The summed E-state index contributed by atoms with van der Waals surface area (Å²) in [4.78, 5) is 0. The second kappa shape index (κ2) is 5.10. The van der Waals surface area contributed by atoms with Gasteiger partial charge in [0.1, 0.15) is 11.5 Å². The van der Waals surface area contributed by atoms with E-state index in [9.17, 15) is 0 Å². The van der Waals surface area contributed by atoms with E-state index < -0.39 is 0 Å². The van der Waals surface area contributed by atoms with Crippen LogP contribution in [-0.4, -0.2) is 0 Å². The molecular formula is C17H19O2P. The zero-order valence-corrected chi connectivity index (χ0v) is 13.1.